The van der Waals surface area contributed by atoms with E-state index in [4.69, 9.17) is 4.74 Å². The molecule has 7 nitrogen and oxygen atoms in total. The number of benzene rings is 1. The standard InChI is InChI=1S/C16H20N4O3S/c21-24(22,11-5-10-23-15-6-2-1-3-7-15)20-12-14(13-20)19-16-17-8-4-9-18-16/h1-4,6-9,14H,5,10-13H2,(H,17,18,19). The lowest BCUT2D eigenvalue weighted by atomic mass is 10.2. The Morgan fingerprint density at radius 3 is 2.54 bits per heavy atom. The number of aromatic nitrogens is 2. The Labute approximate surface area is 141 Å². The smallest absolute Gasteiger partial charge is 0.222 e. The van der Waals surface area contributed by atoms with Gasteiger partial charge in [-0.15, -0.1) is 0 Å². The summed E-state index contributed by atoms with van der Waals surface area (Å²) in [6, 6.07) is 11.2. The number of nitrogens with one attached hydrogen (secondary N) is 1. The lowest BCUT2D eigenvalue weighted by Crippen LogP contribution is -2.57. The third kappa shape index (κ3) is 4.42. The molecule has 8 heteroatoms. The summed E-state index contributed by atoms with van der Waals surface area (Å²) in [6.45, 7) is 1.27. The molecule has 1 aromatic carbocycles. The van der Waals surface area contributed by atoms with E-state index < -0.39 is 10.0 Å². The van der Waals surface area contributed by atoms with E-state index in [1.165, 1.54) is 4.31 Å². The Balaban J connectivity index is 1.37. The molecule has 0 radical (unpaired) electrons. The van der Waals surface area contributed by atoms with Crippen molar-refractivity contribution in [1.82, 2.24) is 14.3 Å². The summed E-state index contributed by atoms with van der Waals surface area (Å²) in [7, 11) is -3.23. The number of nitrogens with zero attached hydrogens (tertiary/aromatic N) is 3. The van der Waals surface area contributed by atoms with E-state index in [1.807, 2.05) is 30.3 Å². The van der Waals surface area contributed by atoms with Crippen molar-refractivity contribution in [2.24, 2.45) is 0 Å². The molecule has 128 valence electrons. The van der Waals surface area contributed by atoms with Crippen LogP contribution in [0.4, 0.5) is 5.95 Å². The van der Waals surface area contributed by atoms with E-state index in [1.54, 1.807) is 18.5 Å². The van der Waals surface area contributed by atoms with Crippen molar-refractivity contribution in [2.75, 3.05) is 30.8 Å². The maximum Gasteiger partial charge on any atom is 0.222 e. The number of hydrogen-bond donors (Lipinski definition) is 1. The first-order chi connectivity index (χ1) is 11.6. The highest BCUT2D eigenvalue weighted by atomic mass is 32.2. The van der Waals surface area contributed by atoms with Crippen LogP contribution in [0.5, 0.6) is 5.75 Å². The largest absolute Gasteiger partial charge is 0.494 e. The van der Waals surface area contributed by atoms with Crippen molar-refractivity contribution in [2.45, 2.75) is 12.5 Å². The number of sulfonamides is 1. The summed E-state index contributed by atoms with van der Waals surface area (Å²) in [4.78, 5) is 8.14. The van der Waals surface area contributed by atoms with Crippen LogP contribution in [0, 0.1) is 0 Å². The van der Waals surface area contributed by atoms with Crippen LogP contribution in [0.25, 0.3) is 0 Å². The molecule has 2 heterocycles. The summed E-state index contributed by atoms with van der Waals surface area (Å²) in [6.07, 6.45) is 3.76. The molecule has 0 bridgehead atoms. The van der Waals surface area contributed by atoms with Crippen molar-refractivity contribution in [3.05, 3.63) is 48.8 Å². The van der Waals surface area contributed by atoms with Crippen LogP contribution in [0.3, 0.4) is 0 Å². The molecule has 1 saturated heterocycles. The zero-order valence-corrected chi connectivity index (χ0v) is 14.0. The maximum atomic E-state index is 12.2. The van der Waals surface area contributed by atoms with E-state index in [0.717, 1.165) is 5.75 Å². The Morgan fingerprint density at radius 2 is 1.83 bits per heavy atom. The van der Waals surface area contributed by atoms with Crippen LogP contribution in [-0.4, -0.2) is 54.2 Å². The SMILES string of the molecule is O=S(=O)(CCCOc1ccccc1)N1CC(Nc2ncccn2)C1. The lowest BCUT2D eigenvalue weighted by molar-refractivity contribution is 0.276. The van der Waals surface area contributed by atoms with Crippen LogP contribution in [0.2, 0.25) is 0 Å². The van der Waals surface area contributed by atoms with Gasteiger partial charge in [0.25, 0.3) is 0 Å². The Morgan fingerprint density at radius 1 is 1.12 bits per heavy atom. The molecule has 0 aliphatic carbocycles. The third-order valence-electron chi connectivity index (χ3n) is 3.70. The Bertz CT molecular complexity index is 734. The van der Waals surface area contributed by atoms with Gasteiger partial charge in [-0.1, -0.05) is 18.2 Å². The molecule has 1 N–H and O–H groups in total. The lowest BCUT2D eigenvalue weighted by Gasteiger charge is -2.38. The number of ether oxygens (including phenoxy) is 1. The van der Waals surface area contributed by atoms with Crippen LogP contribution >= 0.6 is 0 Å². The second kappa shape index (κ2) is 7.59. The molecule has 1 fully saturated rings. The minimum Gasteiger partial charge on any atom is -0.494 e. The molecule has 1 aromatic heterocycles. The fraction of sp³-hybridized carbons (Fsp3) is 0.375. The number of anilines is 1. The molecule has 2 aromatic rings. The Hall–Kier alpha value is -2.19. The third-order valence-corrected chi connectivity index (χ3v) is 5.59. The number of para-hydroxylation sites is 1. The van der Waals surface area contributed by atoms with Gasteiger partial charge in [0.1, 0.15) is 5.75 Å². The molecule has 0 unspecified atom stereocenters. The molecular weight excluding hydrogens is 328 g/mol. The molecule has 0 atom stereocenters. The highest BCUT2D eigenvalue weighted by Gasteiger charge is 2.35. The quantitative estimate of drug-likeness (QED) is 0.726. The van der Waals surface area contributed by atoms with E-state index in [9.17, 15) is 8.42 Å². The van der Waals surface area contributed by atoms with E-state index in [2.05, 4.69) is 15.3 Å². The predicted octanol–water partition coefficient (Wildman–Crippen LogP) is 1.37. The van der Waals surface area contributed by atoms with Crippen molar-refractivity contribution in [3.8, 4) is 5.75 Å². The van der Waals surface area contributed by atoms with Gasteiger partial charge in [-0.2, -0.15) is 4.31 Å². The molecule has 0 amide bonds. The summed E-state index contributed by atoms with van der Waals surface area (Å²) in [5.41, 5.74) is 0. The van der Waals surface area contributed by atoms with Crippen LogP contribution < -0.4 is 10.1 Å². The highest BCUT2D eigenvalue weighted by molar-refractivity contribution is 7.89. The zero-order chi connectivity index (χ0) is 16.8. The van der Waals surface area contributed by atoms with E-state index >= 15 is 0 Å². The summed E-state index contributed by atoms with van der Waals surface area (Å²) >= 11 is 0. The van der Waals surface area contributed by atoms with Crippen LogP contribution in [0.15, 0.2) is 48.8 Å². The topological polar surface area (TPSA) is 84.4 Å². The first-order valence-electron chi connectivity index (χ1n) is 7.83. The number of rotatable bonds is 8. The monoisotopic (exact) mass is 348 g/mol. The van der Waals surface area contributed by atoms with E-state index in [-0.39, 0.29) is 11.8 Å². The van der Waals surface area contributed by atoms with Gasteiger partial charge in [0.05, 0.1) is 18.4 Å². The van der Waals surface area contributed by atoms with Crippen molar-refractivity contribution < 1.29 is 13.2 Å². The van der Waals surface area contributed by atoms with Crippen LogP contribution in [-0.2, 0) is 10.0 Å². The average molecular weight is 348 g/mol. The predicted molar refractivity (Wildman–Crippen MR) is 91.4 cm³/mol. The fourth-order valence-electron chi connectivity index (χ4n) is 2.39. The second-order valence-corrected chi connectivity index (χ2v) is 7.65. The zero-order valence-electron chi connectivity index (χ0n) is 13.2. The van der Waals surface area contributed by atoms with Gasteiger partial charge in [-0.3, -0.25) is 0 Å². The molecule has 0 spiro atoms. The minimum absolute atomic E-state index is 0.0581. The molecular formula is C16H20N4O3S. The summed E-state index contributed by atoms with van der Waals surface area (Å²) in [5.74, 6) is 1.37. The van der Waals surface area contributed by atoms with Gasteiger partial charge in [-0.25, -0.2) is 18.4 Å². The van der Waals surface area contributed by atoms with Gasteiger partial charge in [0, 0.05) is 25.5 Å². The van der Waals surface area contributed by atoms with E-state index in [0.29, 0.717) is 32.1 Å². The molecule has 24 heavy (non-hydrogen) atoms. The molecule has 0 saturated carbocycles. The Kier molecular flexibility index (Phi) is 5.27. The molecule has 3 rings (SSSR count). The van der Waals surface area contributed by atoms with Crippen molar-refractivity contribution in [1.29, 1.82) is 0 Å². The average Bonchev–Trinajstić information content (AvgIpc) is 2.56. The van der Waals surface area contributed by atoms with Gasteiger partial charge in [-0.05, 0) is 24.6 Å². The first kappa shape index (κ1) is 16.7. The van der Waals surface area contributed by atoms with Gasteiger partial charge >= 0.3 is 0 Å². The van der Waals surface area contributed by atoms with Gasteiger partial charge in [0.2, 0.25) is 16.0 Å². The fourth-order valence-corrected chi connectivity index (χ4v) is 3.94. The van der Waals surface area contributed by atoms with Gasteiger partial charge < -0.3 is 10.1 Å². The summed E-state index contributed by atoms with van der Waals surface area (Å²) < 4.78 is 31.5. The molecule has 1 aliphatic rings. The van der Waals surface area contributed by atoms with Crippen LogP contribution in [0.1, 0.15) is 6.42 Å². The van der Waals surface area contributed by atoms with Gasteiger partial charge in [0.15, 0.2) is 0 Å². The summed E-state index contributed by atoms with van der Waals surface area (Å²) in [5, 5.41) is 3.12. The second-order valence-electron chi connectivity index (χ2n) is 5.56. The highest BCUT2D eigenvalue weighted by Crippen LogP contribution is 2.17. The minimum atomic E-state index is -3.23. The normalized spacial score (nSPS) is 15.7. The maximum absolute atomic E-state index is 12.2. The first-order valence-corrected chi connectivity index (χ1v) is 9.44. The van der Waals surface area contributed by atoms with Crippen molar-refractivity contribution in [3.63, 3.8) is 0 Å². The molecule has 1 aliphatic heterocycles. The van der Waals surface area contributed by atoms with Crippen molar-refractivity contribution >= 4 is 16.0 Å². The number of hydrogen-bond acceptors (Lipinski definition) is 6.